The molecule has 1 saturated heterocycles. The molecule has 4 rings (SSSR count). The maximum absolute atomic E-state index is 12.9. The molecule has 0 aliphatic carbocycles. The van der Waals surface area contributed by atoms with Gasteiger partial charge in [-0.05, 0) is 24.1 Å². The minimum Gasteiger partial charge on any atom is -0.497 e. The van der Waals surface area contributed by atoms with Crippen LogP contribution in [-0.2, 0) is 9.59 Å². The predicted octanol–water partition coefficient (Wildman–Crippen LogP) is 3.38. The van der Waals surface area contributed by atoms with Gasteiger partial charge in [-0.3, -0.25) is 19.3 Å². The van der Waals surface area contributed by atoms with E-state index in [4.69, 9.17) is 9.15 Å². The molecule has 2 aromatic carbocycles. The van der Waals surface area contributed by atoms with Crippen molar-refractivity contribution in [3.63, 3.8) is 0 Å². The zero-order valence-electron chi connectivity index (χ0n) is 16.6. The van der Waals surface area contributed by atoms with Gasteiger partial charge in [0.1, 0.15) is 11.3 Å². The van der Waals surface area contributed by atoms with Gasteiger partial charge >= 0.3 is 0 Å². The fourth-order valence-electron chi connectivity index (χ4n) is 3.65. The molecule has 1 aliphatic heterocycles. The van der Waals surface area contributed by atoms with Gasteiger partial charge in [0, 0.05) is 42.9 Å². The van der Waals surface area contributed by atoms with Gasteiger partial charge in [0.25, 0.3) is 5.91 Å². The maximum atomic E-state index is 12.9. The van der Waals surface area contributed by atoms with Crippen molar-refractivity contribution in [2.24, 2.45) is 0 Å². The summed E-state index contributed by atoms with van der Waals surface area (Å²) < 4.78 is 11.2. The summed E-state index contributed by atoms with van der Waals surface area (Å²) in [5.41, 5.74) is 2.15. The summed E-state index contributed by atoms with van der Waals surface area (Å²) in [5, 5.41) is 3.66. The van der Waals surface area contributed by atoms with E-state index in [-0.39, 0.29) is 36.3 Å². The number of nitrogens with one attached hydrogen (secondary N) is 1. The summed E-state index contributed by atoms with van der Waals surface area (Å²) in [4.78, 5) is 37.5. The Morgan fingerprint density at radius 3 is 2.53 bits per heavy atom. The largest absolute Gasteiger partial charge is 0.497 e. The SMILES string of the molecule is COc1ccc2c(-c3ccccc3)c(C(=O)NCCCN3C(=O)CCC3=O)oc2c1. The number of imide groups is 1. The average Bonchev–Trinajstić information content (AvgIpc) is 3.31. The minimum atomic E-state index is -0.344. The number of carbonyl (C=O) groups is 3. The molecule has 7 heteroatoms. The number of ether oxygens (including phenoxy) is 1. The highest BCUT2D eigenvalue weighted by Gasteiger charge is 2.28. The van der Waals surface area contributed by atoms with Gasteiger partial charge in [0.05, 0.1) is 7.11 Å². The van der Waals surface area contributed by atoms with Gasteiger partial charge in [-0.1, -0.05) is 30.3 Å². The van der Waals surface area contributed by atoms with Crippen LogP contribution in [0.5, 0.6) is 5.75 Å². The second kappa shape index (κ2) is 8.41. The molecular formula is C23H22N2O5. The first-order valence-corrected chi connectivity index (χ1v) is 9.86. The lowest BCUT2D eigenvalue weighted by molar-refractivity contribution is -0.138. The van der Waals surface area contributed by atoms with E-state index in [1.807, 2.05) is 42.5 Å². The Balaban J connectivity index is 1.54. The Labute approximate surface area is 173 Å². The summed E-state index contributed by atoms with van der Waals surface area (Å²) >= 11 is 0. The topological polar surface area (TPSA) is 88.9 Å². The van der Waals surface area contributed by atoms with Crippen molar-refractivity contribution < 1.29 is 23.5 Å². The first kappa shape index (κ1) is 19.7. The van der Waals surface area contributed by atoms with E-state index in [0.29, 0.717) is 30.8 Å². The predicted molar refractivity (Wildman–Crippen MR) is 111 cm³/mol. The molecule has 30 heavy (non-hydrogen) atoms. The summed E-state index contributed by atoms with van der Waals surface area (Å²) in [6, 6.07) is 15.0. The monoisotopic (exact) mass is 406 g/mol. The molecule has 1 aromatic heterocycles. The van der Waals surface area contributed by atoms with Gasteiger partial charge in [-0.15, -0.1) is 0 Å². The Kier molecular flexibility index (Phi) is 5.52. The van der Waals surface area contributed by atoms with Crippen molar-refractivity contribution in [2.45, 2.75) is 19.3 Å². The molecule has 1 aliphatic rings. The number of methoxy groups -OCH3 is 1. The third-order valence-electron chi connectivity index (χ3n) is 5.16. The zero-order chi connectivity index (χ0) is 21.1. The van der Waals surface area contributed by atoms with Crippen molar-refractivity contribution >= 4 is 28.7 Å². The van der Waals surface area contributed by atoms with E-state index in [0.717, 1.165) is 16.5 Å². The van der Waals surface area contributed by atoms with Crippen molar-refractivity contribution in [3.8, 4) is 16.9 Å². The highest BCUT2D eigenvalue weighted by atomic mass is 16.5. The third-order valence-corrected chi connectivity index (χ3v) is 5.16. The van der Waals surface area contributed by atoms with Crippen LogP contribution in [0.4, 0.5) is 0 Å². The van der Waals surface area contributed by atoms with Crippen molar-refractivity contribution in [3.05, 3.63) is 54.3 Å². The molecule has 1 fully saturated rings. The van der Waals surface area contributed by atoms with Crippen LogP contribution in [0.25, 0.3) is 22.1 Å². The van der Waals surface area contributed by atoms with Crippen LogP contribution < -0.4 is 10.1 Å². The molecule has 154 valence electrons. The quantitative estimate of drug-likeness (QED) is 0.480. The van der Waals surface area contributed by atoms with E-state index in [9.17, 15) is 14.4 Å². The maximum Gasteiger partial charge on any atom is 0.287 e. The number of fused-ring (bicyclic) bond motifs is 1. The number of nitrogens with zero attached hydrogens (tertiary/aromatic N) is 1. The zero-order valence-corrected chi connectivity index (χ0v) is 16.6. The number of benzene rings is 2. The van der Waals surface area contributed by atoms with Crippen molar-refractivity contribution in [1.29, 1.82) is 0 Å². The van der Waals surface area contributed by atoms with E-state index < -0.39 is 0 Å². The average molecular weight is 406 g/mol. The standard InChI is InChI=1S/C23H22N2O5/c1-29-16-8-9-17-18(14-16)30-22(21(17)15-6-3-2-4-7-15)23(28)24-12-5-13-25-19(26)10-11-20(25)27/h2-4,6-9,14H,5,10-13H2,1H3,(H,24,28). The fraction of sp³-hybridized carbons (Fsp3) is 0.261. The number of hydrogen-bond acceptors (Lipinski definition) is 5. The van der Waals surface area contributed by atoms with E-state index >= 15 is 0 Å². The molecule has 3 aromatic rings. The van der Waals surface area contributed by atoms with Crippen LogP contribution in [-0.4, -0.2) is 42.8 Å². The highest BCUT2D eigenvalue weighted by molar-refractivity contribution is 6.08. The lowest BCUT2D eigenvalue weighted by Crippen LogP contribution is -2.33. The normalized spacial score (nSPS) is 13.8. The molecule has 3 amide bonds. The second-order valence-electron chi connectivity index (χ2n) is 7.08. The molecule has 0 bridgehead atoms. The number of carbonyl (C=O) groups excluding carboxylic acids is 3. The molecular weight excluding hydrogens is 384 g/mol. The Morgan fingerprint density at radius 2 is 1.83 bits per heavy atom. The number of rotatable bonds is 7. The first-order valence-electron chi connectivity index (χ1n) is 9.86. The molecule has 0 radical (unpaired) electrons. The lowest BCUT2D eigenvalue weighted by atomic mass is 10.0. The van der Waals surface area contributed by atoms with E-state index in [1.165, 1.54) is 4.90 Å². The second-order valence-corrected chi connectivity index (χ2v) is 7.08. The molecule has 7 nitrogen and oxygen atoms in total. The number of amides is 3. The lowest BCUT2D eigenvalue weighted by Gasteiger charge is -2.13. The molecule has 0 saturated carbocycles. The number of hydrogen-bond donors (Lipinski definition) is 1. The first-order chi connectivity index (χ1) is 14.6. The van der Waals surface area contributed by atoms with Crippen LogP contribution in [0, 0.1) is 0 Å². The number of furan rings is 1. The van der Waals surface area contributed by atoms with Crippen molar-refractivity contribution in [2.75, 3.05) is 20.2 Å². The van der Waals surface area contributed by atoms with Gasteiger partial charge < -0.3 is 14.5 Å². The Bertz CT molecular complexity index is 1090. The van der Waals surface area contributed by atoms with E-state index in [1.54, 1.807) is 13.2 Å². The molecule has 1 N–H and O–H groups in total. The van der Waals surface area contributed by atoms with Crippen LogP contribution >= 0.6 is 0 Å². The van der Waals surface area contributed by atoms with Crippen LogP contribution in [0.2, 0.25) is 0 Å². The Morgan fingerprint density at radius 1 is 1.10 bits per heavy atom. The van der Waals surface area contributed by atoms with Crippen LogP contribution in [0.15, 0.2) is 52.9 Å². The highest BCUT2D eigenvalue weighted by Crippen LogP contribution is 2.36. The summed E-state index contributed by atoms with van der Waals surface area (Å²) in [6.45, 7) is 0.630. The van der Waals surface area contributed by atoms with Crippen molar-refractivity contribution in [1.82, 2.24) is 10.2 Å². The summed E-state index contributed by atoms with van der Waals surface area (Å²) in [5.74, 6) is 0.219. The van der Waals surface area contributed by atoms with Gasteiger partial charge in [-0.25, -0.2) is 0 Å². The van der Waals surface area contributed by atoms with Crippen LogP contribution in [0.1, 0.15) is 29.8 Å². The number of likely N-dealkylation sites (tertiary alicyclic amines) is 1. The van der Waals surface area contributed by atoms with Crippen LogP contribution in [0.3, 0.4) is 0 Å². The molecule has 0 spiro atoms. The molecule has 2 heterocycles. The smallest absolute Gasteiger partial charge is 0.287 e. The summed E-state index contributed by atoms with van der Waals surface area (Å²) in [6.07, 6.45) is 1.03. The fourth-order valence-corrected chi connectivity index (χ4v) is 3.65. The Hall–Kier alpha value is -3.61. The minimum absolute atomic E-state index is 0.149. The van der Waals surface area contributed by atoms with Gasteiger partial charge in [0.15, 0.2) is 0 Å². The summed E-state index contributed by atoms with van der Waals surface area (Å²) in [7, 11) is 1.58. The molecule has 0 atom stereocenters. The molecule has 0 unspecified atom stereocenters. The third kappa shape index (κ3) is 3.78. The van der Waals surface area contributed by atoms with Gasteiger partial charge in [0.2, 0.25) is 17.6 Å². The van der Waals surface area contributed by atoms with Gasteiger partial charge in [-0.2, -0.15) is 0 Å². The van der Waals surface area contributed by atoms with E-state index in [2.05, 4.69) is 5.32 Å².